The Kier molecular flexibility index (Phi) is 4.83. The van der Waals surface area contributed by atoms with E-state index in [4.69, 9.17) is 0 Å². The van der Waals surface area contributed by atoms with E-state index in [1.165, 1.54) is 51.7 Å². The van der Waals surface area contributed by atoms with Gasteiger partial charge in [-0.1, -0.05) is 6.42 Å². The number of likely N-dealkylation sites (N-methyl/N-ethyl adjacent to an activating group) is 1. The molecule has 0 aromatic carbocycles. The summed E-state index contributed by atoms with van der Waals surface area (Å²) >= 11 is 0. The van der Waals surface area contributed by atoms with Crippen LogP contribution < -0.4 is 5.32 Å². The maximum Gasteiger partial charge on any atom is 0.0229 e. The zero-order chi connectivity index (χ0) is 12.3. The molecular weight excluding hydrogens is 210 g/mol. The molecule has 0 amide bonds. The summed E-state index contributed by atoms with van der Waals surface area (Å²) in [4.78, 5) is 5.04. The van der Waals surface area contributed by atoms with E-state index in [0.29, 0.717) is 0 Å². The van der Waals surface area contributed by atoms with Crippen LogP contribution in [0.15, 0.2) is 0 Å². The molecule has 1 saturated carbocycles. The van der Waals surface area contributed by atoms with Gasteiger partial charge in [-0.25, -0.2) is 0 Å². The first-order chi connectivity index (χ1) is 8.20. The number of hydrogen-bond donors (Lipinski definition) is 1. The molecule has 3 unspecified atom stereocenters. The first-order valence-electron chi connectivity index (χ1n) is 7.26. The number of rotatable bonds is 5. The topological polar surface area (TPSA) is 18.5 Å². The van der Waals surface area contributed by atoms with E-state index in [1.54, 1.807) is 0 Å². The van der Waals surface area contributed by atoms with Gasteiger partial charge in [-0.3, -0.25) is 0 Å². The van der Waals surface area contributed by atoms with Crippen molar-refractivity contribution in [3.63, 3.8) is 0 Å². The van der Waals surface area contributed by atoms with Crippen LogP contribution in [-0.4, -0.2) is 62.7 Å². The first-order valence-corrected chi connectivity index (χ1v) is 7.26. The van der Waals surface area contributed by atoms with E-state index >= 15 is 0 Å². The predicted molar refractivity (Wildman–Crippen MR) is 73.3 cm³/mol. The van der Waals surface area contributed by atoms with Gasteiger partial charge in [-0.15, -0.1) is 0 Å². The lowest BCUT2D eigenvalue weighted by Gasteiger charge is -2.23. The minimum Gasteiger partial charge on any atom is -0.317 e. The van der Waals surface area contributed by atoms with E-state index in [1.807, 2.05) is 0 Å². The third-order valence-corrected chi connectivity index (χ3v) is 4.82. The predicted octanol–water partition coefficient (Wildman–Crippen LogP) is 1.40. The van der Waals surface area contributed by atoms with Crippen LogP contribution in [0.1, 0.15) is 32.1 Å². The molecule has 0 aromatic rings. The highest BCUT2D eigenvalue weighted by molar-refractivity contribution is 4.85. The second kappa shape index (κ2) is 6.17. The summed E-state index contributed by atoms with van der Waals surface area (Å²) in [7, 11) is 6.55. The second-order valence-electron chi connectivity index (χ2n) is 6.08. The lowest BCUT2D eigenvalue weighted by atomic mass is 9.99. The molecule has 3 atom stereocenters. The molecule has 1 saturated heterocycles. The summed E-state index contributed by atoms with van der Waals surface area (Å²) in [6.07, 6.45) is 7.01. The molecule has 2 fully saturated rings. The Labute approximate surface area is 107 Å². The number of nitrogens with zero attached hydrogens (tertiary/aromatic N) is 2. The van der Waals surface area contributed by atoms with Crippen LogP contribution >= 0.6 is 0 Å². The molecule has 1 N–H and O–H groups in total. The van der Waals surface area contributed by atoms with E-state index < -0.39 is 0 Å². The number of hydrogen-bond acceptors (Lipinski definition) is 3. The van der Waals surface area contributed by atoms with Crippen LogP contribution in [0.5, 0.6) is 0 Å². The first kappa shape index (κ1) is 13.3. The van der Waals surface area contributed by atoms with Crippen LogP contribution in [0.4, 0.5) is 0 Å². The molecule has 0 aromatic heterocycles. The summed E-state index contributed by atoms with van der Waals surface area (Å²) in [6, 6.07) is 1.58. The van der Waals surface area contributed by atoms with Gasteiger partial charge in [0.05, 0.1) is 0 Å². The van der Waals surface area contributed by atoms with Gasteiger partial charge in [0.2, 0.25) is 0 Å². The van der Waals surface area contributed by atoms with E-state index in [-0.39, 0.29) is 0 Å². The zero-order valence-corrected chi connectivity index (χ0v) is 11.8. The molecule has 100 valence electrons. The molecule has 1 aliphatic heterocycles. The summed E-state index contributed by atoms with van der Waals surface area (Å²) < 4.78 is 0. The van der Waals surface area contributed by atoms with Crippen molar-refractivity contribution in [3.8, 4) is 0 Å². The largest absolute Gasteiger partial charge is 0.317 e. The Bertz CT molecular complexity index is 230. The van der Waals surface area contributed by atoms with Crippen LogP contribution in [0.2, 0.25) is 0 Å². The van der Waals surface area contributed by atoms with Gasteiger partial charge >= 0.3 is 0 Å². The van der Waals surface area contributed by atoms with Crippen molar-refractivity contribution in [1.82, 2.24) is 15.1 Å². The van der Waals surface area contributed by atoms with Crippen LogP contribution in [0.25, 0.3) is 0 Å². The third kappa shape index (κ3) is 3.43. The molecule has 0 spiro atoms. The van der Waals surface area contributed by atoms with E-state index in [9.17, 15) is 0 Å². The molecule has 0 radical (unpaired) electrons. The van der Waals surface area contributed by atoms with Gasteiger partial charge in [0.15, 0.2) is 0 Å². The van der Waals surface area contributed by atoms with E-state index in [2.05, 4.69) is 36.3 Å². The summed E-state index contributed by atoms with van der Waals surface area (Å²) in [6.45, 7) is 3.90. The Balaban J connectivity index is 1.69. The molecule has 17 heavy (non-hydrogen) atoms. The molecule has 2 aliphatic rings. The standard InChI is InChI=1S/C14H29N3/c1-15-14-6-4-5-12(14)7-9-17-10-8-13(11-17)16(2)3/h12-15H,4-11H2,1-3H3. The number of nitrogens with one attached hydrogen (secondary N) is 1. The van der Waals surface area contributed by atoms with Crippen LogP contribution in [0.3, 0.4) is 0 Å². The smallest absolute Gasteiger partial charge is 0.0229 e. The molecular formula is C14H29N3. The van der Waals surface area contributed by atoms with Crippen molar-refractivity contribution in [1.29, 1.82) is 0 Å². The van der Waals surface area contributed by atoms with Crippen molar-refractivity contribution < 1.29 is 0 Å². The Hall–Kier alpha value is -0.120. The quantitative estimate of drug-likeness (QED) is 0.782. The maximum atomic E-state index is 3.49. The van der Waals surface area contributed by atoms with Crippen molar-refractivity contribution in [2.45, 2.75) is 44.2 Å². The van der Waals surface area contributed by atoms with Gasteiger partial charge in [0.1, 0.15) is 0 Å². The van der Waals surface area contributed by atoms with Crippen LogP contribution in [0, 0.1) is 5.92 Å². The average molecular weight is 239 g/mol. The fraction of sp³-hybridized carbons (Fsp3) is 1.00. The van der Waals surface area contributed by atoms with Gasteiger partial charge in [0, 0.05) is 18.6 Å². The molecule has 1 aliphatic carbocycles. The summed E-state index contributed by atoms with van der Waals surface area (Å²) in [5, 5.41) is 3.49. The van der Waals surface area contributed by atoms with Gasteiger partial charge in [-0.05, 0) is 65.8 Å². The fourth-order valence-electron chi connectivity index (χ4n) is 3.55. The molecule has 3 nitrogen and oxygen atoms in total. The van der Waals surface area contributed by atoms with Gasteiger partial charge in [0.25, 0.3) is 0 Å². The molecule has 0 bridgehead atoms. The second-order valence-corrected chi connectivity index (χ2v) is 6.08. The van der Waals surface area contributed by atoms with Crippen LogP contribution in [-0.2, 0) is 0 Å². The van der Waals surface area contributed by atoms with Gasteiger partial charge in [-0.2, -0.15) is 0 Å². The summed E-state index contributed by atoms with van der Waals surface area (Å²) in [5.74, 6) is 0.929. The summed E-state index contributed by atoms with van der Waals surface area (Å²) in [5.41, 5.74) is 0. The van der Waals surface area contributed by atoms with Gasteiger partial charge < -0.3 is 15.1 Å². The highest BCUT2D eigenvalue weighted by Crippen LogP contribution is 2.28. The van der Waals surface area contributed by atoms with Crippen molar-refractivity contribution in [2.24, 2.45) is 5.92 Å². The van der Waals surface area contributed by atoms with E-state index in [0.717, 1.165) is 18.0 Å². The normalized spacial score (nSPS) is 34.9. The highest BCUT2D eigenvalue weighted by Gasteiger charge is 2.28. The number of likely N-dealkylation sites (tertiary alicyclic amines) is 1. The minimum atomic E-state index is 0.790. The lowest BCUT2D eigenvalue weighted by Crippen LogP contribution is -2.34. The molecule has 3 heteroatoms. The zero-order valence-electron chi connectivity index (χ0n) is 11.8. The highest BCUT2D eigenvalue weighted by atomic mass is 15.2. The maximum absolute atomic E-state index is 3.49. The third-order valence-electron chi connectivity index (χ3n) is 4.82. The monoisotopic (exact) mass is 239 g/mol. The van der Waals surface area contributed by atoms with Crippen molar-refractivity contribution in [2.75, 3.05) is 40.8 Å². The Morgan fingerprint density at radius 3 is 2.71 bits per heavy atom. The minimum absolute atomic E-state index is 0.790. The molecule has 2 rings (SSSR count). The van der Waals surface area contributed by atoms with Crippen molar-refractivity contribution >= 4 is 0 Å². The molecule has 1 heterocycles. The fourth-order valence-corrected chi connectivity index (χ4v) is 3.55. The Morgan fingerprint density at radius 2 is 2.06 bits per heavy atom. The average Bonchev–Trinajstić information content (AvgIpc) is 2.95. The lowest BCUT2D eigenvalue weighted by molar-refractivity contribution is 0.250. The SMILES string of the molecule is CNC1CCCC1CCN1CCC(N(C)C)C1. The Morgan fingerprint density at radius 1 is 1.24 bits per heavy atom. The van der Waals surface area contributed by atoms with Crippen molar-refractivity contribution in [3.05, 3.63) is 0 Å².